The highest BCUT2D eigenvalue weighted by atomic mass is 16.6. The fourth-order valence-corrected chi connectivity index (χ4v) is 5.57. The molecule has 1 fully saturated rings. The molecule has 2 N–H and O–H groups in total. The molecular formula is C20H26N4O2. The van der Waals surface area contributed by atoms with Crippen LogP contribution in [-0.4, -0.2) is 43.1 Å². The molecule has 4 aliphatic rings. The van der Waals surface area contributed by atoms with Crippen molar-refractivity contribution >= 4 is 11.8 Å². The summed E-state index contributed by atoms with van der Waals surface area (Å²) in [6.45, 7) is 3.41. The summed E-state index contributed by atoms with van der Waals surface area (Å²) in [4.78, 5) is 12.7. The Morgan fingerprint density at radius 2 is 2.12 bits per heavy atom. The highest BCUT2D eigenvalue weighted by Crippen LogP contribution is 2.62. The third-order valence-electron chi connectivity index (χ3n) is 6.87. The molecule has 1 aromatic rings. The number of guanidine groups is 1. The van der Waals surface area contributed by atoms with Crippen molar-refractivity contribution in [3.8, 4) is 0 Å². The topological polar surface area (TPSA) is 72.4 Å². The zero-order valence-electron chi connectivity index (χ0n) is 15.5. The molecule has 1 unspecified atom stereocenters. The Bertz CT molecular complexity index is 810. The third-order valence-corrected chi connectivity index (χ3v) is 6.87. The lowest BCUT2D eigenvalue weighted by atomic mass is 9.61. The molecule has 2 heterocycles. The van der Waals surface area contributed by atoms with Gasteiger partial charge in [0.15, 0.2) is 17.3 Å². The van der Waals surface area contributed by atoms with Gasteiger partial charge in [0.1, 0.15) is 6.61 Å². The number of nitrogens with two attached hydrogens (primary N) is 1. The zero-order chi connectivity index (χ0) is 17.9. The van der Waals surface area contributed by atoms with Gasteiger partial charge in [-0.3, -0.25) is 4.90 Å². The van der Waals surface area contributed by atoms with Crippen LogP contribution in [0.15, 0.2) is 28.3 Å². The highest BCUT2D eigenvalue weighted by molar-refractivity contribution is 6.11. The summed E-state index contributed by atoms with van der Waals surface area (Å²) in [5, 5.41) is 4.51. The lowest BCUT2D eigenvalue weighted by molar-refractivity contribution is 0.00907. The zero-order valence-corrected chi connectivity index (χ0v) is 15.5. The Morgan fingerprint density at radius 3 is 2.88 bits per heavy atom. The Kier molecular flexibility index (Phi) is 3.38. The van der Waals surface area contributed by atoms with Crippen molar-refractivity contribution in [1.82, 2.24) is 4.90 Å². The van der Waals surface area contributed by atoms with Crippen LogP contribution in [0.2, 0.25) is 0 Å². The van der Waals surface area contributed by atoms with E-state index < -0.39 is 5.54 Å². The van der Waals surface area contributed by atoms with Crippen LogP contribution in [0.3, 0.4) is 0 Å². The molecule has 6 nitrogen and oxygen atoms in total. The number of rotatable bonds is 1. The van der Waals surface area contributed by atoms with Crippen LogP contribution in [0, 0.1) is 12.3 Å². The minimum atomic E-state index is -0.516. The van der Waals surface area contributed by atoms with Gasteiger partial charge in [0.25, 0.3) is 0 Å². The number of aliphatic imine (C=N–C) groups is 1. The van der Waals surface area contributed by atoms with Crippen molar-refractivity contribution in [3.05, 3.63) is 34.9 Å². The minimum Gasteiger partial charge on any atom is -0.392 e. The van der Waals surface area contributed by atoms with Gasteiger partial charge in [0.05, 0.1) is 12.6 Å². The molecule has 5 rings (SSSR count). The number of aryl methyl sites for hydroxylation is 1. The van der Waals surface area contributed by atoms with Crippen LogP contribution in [0.1, 0.15) is 42.4 Å². The molecule has 2 aliphatic carbocycles. The van der Waals surface area contributed by atoms with Gasteiger partial charge in [-0.15, -0.1) is 0 Å². The van der Waals surface area contributed by atoms with Crippen molar-refractivity contribution in [3.63, 3.8) is 0 Å². The van der Waals surface area contributed by atoms with Gasteiger partial charge < -0.3 is 15.3 Å². The number of ether oxygens (including phenoxy) is 1. The molecule has 26 heavy (non-hydrogen) atoms. The molecular weight excluding hydrogens is 328 g/mol. The Morgan fingerprint density at radius 1 is 1.31 bits per heavy atom. The predicted molar refractivity (Wildman–Crippen MR) is 100.0 cm³/mol. The average Bonchev–Trinajstić information content (AvgIpc) is 3.11. The molecule has 1 atom stereocenters. The number of hydrogen-bond acceptors (Lipinski definition) is 6. The van der Waals surface area contributed by atoms with E-state index in [-0.39, 0.29) is 5.41 Å². The molecule has 0 aromatic heterocycles. The maximum atomic E-state index is 6.40. The number of hydrogen-bond donors (Lipinski definition) is 1. The van der Waals surface area contributed by atoms with Crippen molar-refractivity contribution in [2.75, 3.05) is 20.3 Å². The molecule has 1 saturated carbocycles. The number of benzene rings is 1. The van der Waals surface area contributed by atoms with Gasteiger partial charge in [-0.1, -0.05) is 28.9 Å². The van der Waals surface area contributed by atoms with Crippen LogP contribution in [0.4, 0.5) is 0 Å². The first-order valence-electron chi connectivity index (χ1n) is 9.56. The first-order valence-corrected chi connectivity index (χ1v) is 9.56. The normalized spacial score (nSPS) is 35.2. The molecule has 2 spiro atoms. The summed E-state index contributed by atoms with van der Waals surface area (Å²) in [7, 11) is 1.82. The average molecular weight is 354 g/mol. The first kappa shape index (κ1) is 16.1. The van der Waals surface area contributed by atoms with E-state index in [1.807, 2.05) is 7.11 Å². The smallest absolute Gasteiger partial charge is 0.198 e. The fourth-order valence-electron chi connectivity index (χ4n) is 5.57. The van der Waals surface area contributed by atoms with E-state index in [2.05, 4.69) is 35.2 Å². The number of nitrogens with zero attached hydrogens (tertiary/aromatic N) is 3. The maximum absolute atomic E-state index is 6.40. The van der Waals surface area contributed by atoms with Gasteiger partial charge in [0, 0.05) is 12.5 Å². The van der Waals surface area contributed by atoms with Crippen molar-refractivity contribution in [2.45, 2.75) is 50.7 Å². The molecule has 0 radical (unpaired) electrons. The predicted octanol–water partition coefficient (Wildman–Crippen LogP) is 2.30. The van der Waals surface area contributed by atoms with E-state index >= 15 is 0 Å². The van der Waals surface area contributed by atoms with E-state index in [9.17, 15) is 0 Å². The summed E-state index contributed by atoms with van der Waals surface area (Å²) < 4.78 is 5.64. The SMILES string of the molecule is COC1CCC2(CC1)Cc1ccc(C)cc1C21N=C(N)N2CCON=C21. The highest BCUT2D eigenvalue weighted by Gasteiger charge is 2.66. The van der Waals surface area contributed by atoms with Gasteiger partial charge in [-0.25, -0.2) is 4.99 Å². The van der Waals surface area contributed by atoms with Gasteiger partial charge >= 0.3 is 0 Å². The Balaban J connectivity index is 1.71. The second-order valence-corrected chi connectivity index (χ2v) is 8.13. The summed E-state index contributed by atoms with van der Waals surface area (Å²) in [5.74, 6) is 1.47. The fraction of sp³-hybridized carbons (Fsp3) is 0.600. The molecule has 0 bridgehead atoms. The number of amidine groups is 1. The number of methoxy groups -OCH3 is 1. The van der Waals surface area contributed by atoms with E-state index in [1.165, 1.54) is 16.7 Å². The van der Waals surface area contributed by atoms with Crippen LogP contribution in [0.25, 0.3) is 0 Å². The van der Waals surface area contributed by atoms with Crippen molar-refractivity contribution < 1.29 is 9.57 Å². The maximum Gasteiger partial charge on any atom is 0.198 e. The summed E-state index contributed by atoms with van der Waals surface area (Å²) in [6, 6.07) is 6.75. The van der Waals surface area contributed by atoms with Gasteiger partial charge in [0.2, 0.25) is 0 Å². The molecule has 6 heteroatoms. The number of oxime groups is 1. The van der Waals surface area contributed by atoms with Crippen LogP contribution in [0.5, 0.6) is 0 Å². The summed E-state index contributed by atoms with van der Waals surface area (Å²) >= 11 is 0. The molecule has 138 valence electrons. The van der Waals surface area contributed by atoms with E-state index in [0.29, 0.717) is 25.2 Å². The third kappa shape index (κ3) is 1.91. The molecule has 0 saturated heterocycles. The summed E-state index contributed by atoms with van der Waals surface area (Å²) in [5.41, 5.74) is 9.76. The monoisotopic (exact) mass is 354 g/mol. The quantitative estimate of drug-likeness (QED) is 0.840. The van der Waals surface area contributed by atoms with Gasteiger partial charge in [-0.05, 0) is 50.2 Å². The molecule has 2 aliphatic heterocycles. The first-order chi connectivity index (χ1) is 12.6. The molecule has 0 amide bonds. The standard InChI is InChI=1S/C20H26N4O2/c1-13-3-4-14-12-19(7-5-15(25-2)6-8-19)20(16(14)11-13)17-23-26-10-9-24(17)18(21)22-20/h3-4,11,15H,5-10,12H2,1-2H3,(H2,21,22). The second-order valence-electron chi connectivity index (χ2n) is 8.13. The second kappa shape index (κ2) is 5.46. The number of fused-ring (bicyclic) bond motifs is 5. The molecule has 1 aromatic carbocycles. The van der Waals surface area contributed by atoms with E-state index in [1.54, 1.807) is 0 Å². The lowest BCUT2D eigenvalue weighted by Gasteiger charge is -2.46. The van der Waals surface area contributed by atoms with Crippen LogP contribution < -0.4 is 5.73 Å². The summed E-state index contributed by atoms with van der Waals surface area (Å²) in [6.07, 6.45) is 5.57. The van der Waals surface area contributed by atoms with Crippen molar-refractivity contribution in [1.29, 1.82) is 0 Å². The Labute approximate surface area is 154 Å². The largest absolute Gasteiger partial charge is 0.392 e. The lowest BCUT2D eigenvalue weighted by Crippen LogP contribution is -2.54. The Hall–Kier alpha value is -2.08. The van der Waals surface area contributed by atoms with Gasteiger partial charge in [-0.2, -0.15) is 0 Å². The van der Waals surface area contributed by atoms with Crippen molar-refractivity contribution in [2.24, 2.45) is 21.3 Å². The van der Waals surface area contributed by atoms with Crippen LogP contribution in [-0.2, 0) is 21.5 Å². The van der Waals surface area contributed by atoms with E-state index in [0.717, 1.165) is 37.9 Å². The van der Waals surface area contributed by atoms with Crippen LogP contribution >= 0.6 is 0 Å². The minimum absolute atomic E-state index is 0.00292. The van der Waals surface area contributed by atoms with E-state index in [4.69, 9.17) is 20.3 Å².